The fraction of sp³-hybridized carbons (Fsp3) is 0.600. The van der Waals surface area contributed by atoms with E-state index in [2.05, 4.69) is 4.74 Å². The van der Waals surface area contributed by atoms with E-state index >= 15 is 0 Å². The number of carbonyl (C=O) groups excluding carboxylic acids is 2. The summed E-state index contributed by atoms with van der Waals surface area (Å²) >= 11 is 5.93. The van der Waals surface area contributed by atoms with E-state index in [1.807, 2.05) is 0 Å². The Morgan fingerprint density at radius 3 is 2.71 bits per heavy atom. The van der Waals surface area contributed by atoms with E-state index in [1.54, 1.807) is 37.8 Å². The largest absolute Gasteiger partial charge is 0.467 e. The van der Waals surface area contributed by atoms with Crippen LogP contribution in [-0.2, 0) is 19.0 Å². The molecule has 1 amide bonds. The fourth-order valence-electron chi connectivity index (χ4n) is 3.19. The molecule has 0 saturated carbocycles. The van der Waals surface area contributed by atoms with Crippen molar-refractivity contribution in [3.63, 3.8) is 0 Å². The molecule has 2 rings (SSSR count). The first-order chi connectivity index (χ1) is 13.1. The number of carbonyl (C=O) groups is 2. The number of amides is 1. The van der Waals surface area contributed by atoms with Crippen LogP contribution in [0.4, 0.5) is 9.18 Å². The van der Waals surface area contributed by atoms with Crippen molar-refractivity contribution in [2.24, 2.45) is 5.92 Å². The maximum absolute atomic E-state index is 14.7. The Morgan fingerprint density at radius 2 is 2.07 bits per heavy atom. The van der Waals surface area contributed by atoms with Gasteiger partial charge in [-0.25, -0.2) is 14.0 Å². The van der Waals surface area contributed by atoms with Gasteiger partial charge in [-0.2, -0.15) is 0 Å². The Kier molecular flexibility index (Phi) is 7.66. The number of rotatable bonds is 5. The second kappa shape index (κ2) is 9.56. The van der Waals surface area contributed by atoms with Crippen LogP contribution in [0.25, 0.3) is 0 Å². The van der Waals surface area contributed by atoms with E-state index in [-0.39, 0.29) is 23.1 Å². The maximum Gasteiger partial charge on any atom is 0.410 e. The van der Waals surface area contributed by atoms with Crippen LogP contribution < -0.4 is 0 Å². The third-order valence-corrected chi connectivity index (χ3v) is 4.73. The zero-order valence-corrected chi connectivity index (χ0v) is 17.4. The molecule has 2 atom stereocenters. The molecule has 0 bridgehead atoms. The lowest BCUT2D eigenvalue weighted by molar-refractivity contribution is -0.150. The highest BCUT2D eigenvalue weighted by molar-refractivity contribution is 6.30. The quantitative estimate of drug-likeness (QED) is 0.668. The maximum atomic E-state index is 14.7. The summed E-state index contributed by atoms with van der Waals surface area (Å²) in [6.45, 7) is 5.96. The molecule has 0 spiro atoms. The lowest BCUT2D eigenvalue weighted by Crippen LogP contribution is -2.44. The summed E-state index contributed by atoms with van der Waals surface area (Å²) in [6, 6.07) is 4.66. The number of halogens is 2. The van der Waals surface area contributed by atoms with E-state index in [0.29, 0.717) is 25.9 Å². The predicted octanol–water partition coefficient (Wildman–Crippen LogP) is 4.36. The zero-order chi connectivity index (χ0) is 20.9. The van der Waals surface area contributed by atoms with Gasteiger partial charge in [-0.15, -0.1) is 0 Å². The summed E-state index contributed by atoms with van der Waals surface area (Å²) in [4.78, 5) is 25.6. The van der Waals surface area contributed by atoms with Crippen LogP contribution in [0, 0.1) is 11.7 Å². The van der Waals surface area contributed by atoms with E-state index in [0.717, 1.165) is 0 Å². The van der Waals surface area contributed by atoms with E-state index in [9.17, 15) is 14.0 Å². The topological polar surface area (TPSA) is 65.1 Å². The first kappa shape index (κ1) is 22.4. The number of esters is 1. The molecule has 28 heavy (non-hydrogen) atoms. The minimum absolute atomic E-state index is 0.0241. The number of hydrogen-bond donors (Lipinski definition) is 0. The zero-order valence-electron chi connectivity index (χ0n) is 16.7. The molecule has 1 unspecified atom stereocenters. The van der Waals surface area contributed by atoms with Gasteiger partial charge in [-0.1, -0.05) is 23.7 Å². The minimum atomic E-state index is -0.747. The highest BCUT2D eigenvalue weighted by Crippen LogP contribution is 2.36. The van der Waals surface area contributed by atoms with E-state index in [1.165, 1.54) is 13.2 Å². The molecule has 156 valence electrons. The van der Waals surface area contributed by atoms with Crippen LogP contribution in [0.1, 0.15) is 45.3 Å². The Labute approximate surface area is 169 Å². The van der Waals surface area contributed by atoms with Crippen LogP contribution in [-0.4, -0.2) is 49.4 Å². The summed E-state index contributed by atoms with van der Waals surface area (Å²) in [6.07, 6.45) is 0.250. The molecule has 1 aromatic rings. The third kappa shape index (κ3) is 6.07. The normalized spacial score (nSPS) is 18.5. The third-order valence-electron chi connectivity index (χ3n) is 4.43. The average Bonchev–Trinajstić information content (AvgIpc) is 2.63. The average molecular weight is 416 g/mol. The lowest BCUT2D eigenvalue weighted by atomic mass is 9.88. The molecule has 0 aromatic heterocycles. The van der Waals surface area contributed by atoms with Gasteiger partial charge in [0, 0.05) is 24.6 Å². The van der Waals surface area contributed by atoms with E-state index in [4.69, 9.17) is 21.1 Å². The van der Waals surface area contributed by atoms with Crippen LogP contribution in [0.2, 0.25) is 5.02 Å². The monoisotopic (exact) mass is 415 g/mol. The molecular weight excluding hydrogens is 389 g/mol. The van der Waals surface area contributed by atoms with Crippen molar-refractivity contribution < 1.29 is 28.2 Å². The van der Waals surface area contributed by atoms with Gasteiger partial charge in [0.25, 0.3) is 0 Å². The number of benzene rings is 1. The van der Waals surface area contributed by atoms with Gasteiger partial charge in [-0.3, -0.25) is 0 Å². The lowest BCUT2D eigenvalue weighted by Gasteiger charge is -2.37. The van der Waals surface area contributed by atoms with Gasteiger partial charge >= 0.3 is 12.1 Å². The molecule has 1 aromatic carbocycles. The summed E-state index contributed by atoms with van der Waals surface area (Å²) in [5.41, 5.74) is -0.350. The van der Waals surface area contributed by atoms with Gasteiger partial charge in [0.05, 0.1) is 18.2 Å². The second-order valence-electron chi connectivity index (χ2n) is 7.78. The molecule has 0 N–H and O–H groups in total. The minimum Gasteiger partial charge on any atom is -0.467 e. The number of hydrogen-bond acceptors (Lipinski definition) is 5. The molecule has 1 fully saturated rings. The molecule has 8 heteroatoms. The van der Waals surface area contributed by atoms with Crippen molar-refractivity contribution in [1.29, 1.82) is 0 Å². The summed E-state index contributed by atoms with van der Waals surface area (Å²) in [7, 11) is 1.26. The van der Waals surface area contributed by atoms with Gasteiger partial charge < -0.3 is 19.1 Å². The van der Waals surface area contributed by atoms with Crippen molar-refractivity contribution in [2.45, 2.75) is 45.3 Å². The number of nitrogens with zero attached hydrogens (tertiary/aromatic N) is 1. The van der Waals surface area contributed by atoms with Crippen molar-refractivity contribution in [3.05, 3.63) is 34.6 Å². The summed E-state index contributed by atoms with van der Waals surface area (Å²) in [5.74, 6) is -1.38. The van der Waals surface area contributed by atoms with Gasteiger partial charge in [0.2, 0.25) is 0 Å². The van der Waals surface area contributed by atoms with Gasteiger partial charge in [-0.05, 0) is 39.7 Å². The van der Waals surface area contributed by atoms with Crippen LogP contribution in [0.3, 0.4) is 0 Å². The van der Waals surface area contributed by atoms with Crippen LogP contribution in [0.15, 0.2) is 18.2 Å². The van der Waals surface area contributed by atoms with Crippen LogP contribution in [0.5, 0.6) is 0 Å². The van der Waals surface area contributed by atoms with Gasteiger partial charge in [0.15, 0.2) is 0 Å². The standard InChI is InChI=1S/C20H27ClFNO5/c1-20(2,3)28-19(25)23-10-6-7-13(11-23)18(27-12-16(24)26-4)14-8-5-9-15(21)17(14)22/h5,8-9,13,18H,6-7,10-12H2,1-4H3/t13-,18?/m1/s1. The molecule has 0 aliphatic carbocycles. The predicted molar refractivity (Wildman–Crippen MR) is 103 cm³/mol. The molecule has 1 saturated heterocycles. The second-order valence-corrected chi connectivity index (χ2v) is 8.19. The highest BCUT2D eigenvalue weighted by atomic mass is 35.5. The SMILES string of the molecule is COC(=O)COC(c1cccc(Cl)c1F)[C@@H]1CCCN(C(=O)OC(C)(C)C)C1. The first-order valence-electron chi connectivity index (χ1n) is 9.22. The molecule has 1 heterocycles. The van der Waals surface area contributed by atoms with Gasteiger partial charge in [0.1, 0.15) is 18.0 Å². The Balaban J connectivity index is 2.23. The smallest absolute Gasteiger partial charge is 0.410 e. The Hall–Kier alpha value is -1.86. The van der Waals surface area contributed by atoms with Crippen molar-refractivity contribution in [1.82, 2.24) is 4.90 Å². The van der Waals surface area contributed by atoms with Crippen LogP contribution >= 0.6 is 11.6 Å². The number of piperidine rings is 1. The molecular formula is C20H27ClFNO5. The first-order valence-corrected chi connectivity index (χ1v) is 9.60. The number of ether oxygens (including phenoxy) is 3. The highest BCUT2D eigenvalue weighted by Gasteiger charge is 2.34. The molecule has 1 aliphatic rings. The van der Waals surface area contributed by atoms with Crippen molar-refractivity contribution in [2.75, 3.05) is 26.8 Å². The van der Waals surface area contributed by atoms with Crippen molar-refractivity contribution in [3.8, 4) is 0 Å². The Bertz CT molecular complexity index is 706. The molecule has 0 radical (unpaired) electrons. The number of methoxy groups -OCH3 is 1. The molecule has 6 nitrogen and oxygen atoms in total. The van der Waals surface area contributed by atoms with E-state index < -0.39 is 29.6 Å². The molecule has 1 aliphatic heterocycles. The fourth-order valence-corrected chi connectivity index (χ4v) is 3.37. The summed E-state index contributed by atoms with van der Waals surface area (Å²) < 4.78 is 30.5. The summed E-state index contributed by atoms with van der Waals surface area (Å²) in [5, 5.41) is -0.0241. The number of likely N-dealkylation sites (tertiary alicyclic amines) is 1. The van der Waals surface area contributed by atoms with Crippen molar-refractivity contribution >= 4 is 23.7 Å². The Morgan fingerprint density at radius 1 is 1.36 bits per heavy atom.